The van der Waals surface area contributed by atoms with Gasteiger partial charge in [0.2, 0.25) is 5.88 Å². The number of ketones is 1. The maximum absolute atomic E-state index is 12.2. The number of rotatable bonds is 6. The van der Waals surface area contributed by atoms with Gasteiger partial charge in [-0.25, -0.2) is 9.97 Å². The van der Waals surface area contributed by atoms with E-state index >= 15 is 0 Å². The molecule has 0 radical (unpaired) electrons. The Labute approximate surface area is 201 Å². The summed E-state index contributed by atoms with van der Waals surface area (Å²) in [6.07, 6.45) is 2.37. The van der Waals surface area contributed by atoms with Crippen molar-refractivity contribution in [2.45, 2.75) is 26.2 Å². The molecule has 1 amide bonds. The number of pyridine rings is 1. The third-order valence-corrected chi connectivity index (χ3v) is 6.35. The van der Waals surface area contributed by atoms with E-state index in [1.54, 1.807) is 18.2 Å². The lowest BCUT2D eigenvalue weighted by molar-refractivity contribution is -0.119. The molecule has 4 aromatic rings. The molecule has 1 N–H and O–H groups in total. The molecule has 34 heavy (non-hydrogen) atoms. The highest BCUT2D eigenvalue weighted by molar-refractivity contribution is 7.18. The van der Waals surface area contributed by atoms with Crippen LogP contribution in [0.4, 0.5) is 5.69 Å². The van der Waals surface area contributed by atoms with E-state index in [0.717, 1.165) is 39.3 Å². The number of anilines is 1. The normalized spacial score (nSPS) is 12.6. The van der Waals surface area contributed by atoms with E-state index in [4.69, 9.17) is 4.74 Å². The molecule has 1 aliphatic carbocycles. The van der Waals surface area contributed by atoms with Gasteiger partial charge >= 0.3 is 5.91 Å². The Balaban J connectivity index is 1.29. The monoisotopic (exact) mass is 467 g/mol. The zero-order valence-corrected chi connectivity index (χ0v) is 19.3. The van der Waals surface area contributed by atoms with Gasteiger partial charge in [0.15, 0.2) is 0 Å². The largest absolute Gasteiger partial charge is 0.439 e. The van der Waals surface area contributed by atoms with Gasteiger partial charge in [0.25, 0.3) is 0 Å². The van der Waals surface area contributed by atoms with E-state index in [0.29, 0.717) is 23.7 Å². The Morgan fingerprint density at radius 3 is 2.71 bits per heavy atom. The summed E-state index contributed by atoms with van der Waals surface area (Å²) in [5.41, 5.74) is 3.00. The summed E-state index contributed by atoms with van der Waals surface area (Å²) in [7, 11) is 0. The van der Waals surface area contributed by atoms with Crippen LogP contribution in [0.2, 0.25) is 0 Å². The van der Waals surface area contributed by atoms with E-state index in [9.17, 15) is 9.59 Å². The van der Waals surface area contributed by atoms with Gasteiger partial charge in [0, 0.05) is 35.2 Å². The van der Waals surface area contributed by atoms with Gasteiger partial charge in [-0.05, 0) is 49.6 Å². The number of Topliss-reactive ketones (excluding diaryl/α,β-unsaturated/α-hetero) is 1. The van der Waals surface area contributed by atoms with Crippen LogP contribution >= 0.6 is 11.3 Å². The molecule has 7 heteroatoms. The summed E-state index contributed by atoms with van der Waals surface area (Å²) in [6.45, 7) is 1.92. The van der Waals surface area contributed by atoms with Crippen LogP contribution in [0.25, 0.3) is 10.3 Å². The average Bonchev–Trinajstić information content (AvgIpc) is 3.61. The summed E-state index contributed by atoms with van der Waals surface area (Å²) in [6, 6.07) is 18.3. The van der Waals surface area contributed by atoms with Crippen LogP contribution in [-0.4, -0.2) is 21.7 Å². The van der Waals surface area contributed by atoms with Crippen molar-refractivity contribution >= 4 is 39.1 Å². The lowest BCUT2D eigenvalue weighted by Crippen LogP contribution is -2.08. The molecular formula is C27H21N3O3S. The van der Waals surface area contributed by atoms with Gasteiger partial charge in [-0.15, -0.1) is 0 Å². The second-order valence-electron chi connectivity index (χ2n) is 8.15. The van der Waals surface area contributed by atoms with Gasteiger partial charge in [0.05, 0.1) is 6.42 Å². The molecule has 0 aliphatic heterocycles. The average molecular weight is 468 g/mol. The summed E-state index contributed by atoms with van der Waals surface area (Å²) in [4.78, 5) is 34.2. The van der Waals surface area contributed by atoms with Crippen LogP contribution in [0.5, 0.6) is 11.6 Å². The first-order valence-electron chi connectivity index (χ1n) is 11.0. The van der Waals surface area contributed by atoms with Crippen LogP contribution in [0.3, 0.4) is 0 Å². The number of benzene rings is 2. The first-order valence-corrected chi connectivity index (χ1v) is 11.8. The minimum absolute atomic E-state index is 0.221. The van der Waals surface area contributed by atoms with Crippen molar-refractivity contribution in [1.82, 2.24) is 9.97 Å². The lowest BCUT2D eigenvalue weighted by Gasteiger charge is -2.10. The van der Waals surface area contributed by atoms with Crippen molar-refractivity contribution in [1.29, 1.82) is 0 Å². The fourth-order valence-corrected chi connectivity index (χ4v) is 4.32. The number of thiazole rings is 1. The van der Waals surface area contributed by atoms with Crippen molar-refractivity contribution in [3.05, 3.63) is 76.8 Å². The Morgan fingerprint density at radius 1 is 1.09 bits per heavy atom. The summed E-state index contributed by atoms with van der Waals surface area (Å²) < 4.78 is 6.02. The van der Waals surface area contributed by atoms with Crippen molar-refractivity contribution in [3.63, 3.8) is 0 Å². The molecule has 2 heterocycles. The van der Waals surface area contributed by atoms with Gasteiger partial charge in [-0.1, -0.05) is 41.5 Å². The van der Waals surface area contributed by atoms with Crippen molar-refractivity contribution in [2.75, 3.05) is 5.32 Å². The standard InChI is InChI=1S/C27H21N3O3S/c1-17-7-11-20(28-24(32)13-8-18-5-3-2-4-6-18)15-23(17)33-25-14-12-21-27(30-25)34-26(29-21)16-22(31)19-9-10-19/h2-7,11-12,14-15,19H,9-10,16H2,1H3,(H,28,32). The highest BCUT2D eigenvalue weighted by Crippen LogP contribution is 2.33. The summed E-state index contributed by atoms with van der Waals surface area (Å²) >= 11 is 1.42. The fraction of sp³-hybridized carbons (Fsp3) is 0.185. The van der Waals surface area contributed by atoms with Crippen LogP contribution in [0, 0.1) is 24.7 Å². The molecule has 1 saturated carbocycles. The Bertz CT molecular complexity index is 1450. The Kier molecular flexibility index (Phi) is 6.07. The number of fused-ring (bicyclic) bond motifs is 1. The third-order valence-electron chi connectivity index (χ3n) is 5.39. The molecule has 0 saturated heterocycles. The van der Waals surface area contributed by atoms with Crippen molar-refractivity contribution in [3.8, 4) is 23.5 Å². The maximum atomic E-state index is 12.2. The molecule has 1 fully saturated rings. The number of aryl methyl sites for hydroxylation is 1. The second-order valence-corrected chi connectivity index (χ2v) is 9.21. The molecule has 6 nitrogen and oxygen atoms in total. The molecule has 5 rings (SSSR count). The van der Waals surface area contributed by atoms with Gasteiger partial charge in [-0.3, -0.25) is 9.59 Å². The first kappa shape index (κ1) is 21.8. The van der Waals surface area contributed by atoms with E-state index in [1.807, 2.05) is 49.4 Å². The highest BCUT2D eigenvalue weighted by Gasteiger charge is 2.29. The van der Waals surface area contributed by atoms with E-state index in [1.165, 1.54) is 11.3 Å². The molecule has 0 unspecified atom stereocenters. The van der Waals surface area contributed by atoms with Gasteiger partial charge in [0.1, 0.15) is 26.9 Å². The number of nitrogens with zero attached hydrogens (tertiary/aromatic N) is 2. The quantitative estimate of drug-likeness (QED) is 0.389. The van der Waals surface area contributed by atoms with Crippen molar-refractivity contribution < 1.29 is 14.3 Å². The number of ether oxygens (including phenoxy) is 1. The molecule has 2 aromatic heterocycles. The second kappa shape index (κ2) is 9.46. The fourth-order valence-electron chi connectivity index (χ4n) is 3.39. The first-order chi connectivity index (χ1) is 16.5. The number of aromatic nitrogens is 2. The Hall–Kier alpha value is -4.02. The molecule has 0 bridgehead atoms. The van der Waals surface area contributed by atoms with E-state index in [-0.39, 0.29) is 11.7 Å². The lowest BCUT2D eigenvalue weighted by atomic mass is 10.2. The predicted molar refractivity (Wildman–Crippen MR) is 132 cm³/mol. The molecular weight excluding hydrogens is 446 g/mol. The van der Waals surface area contributed by atoms with Crippen LogP contribution in [0.15, 0.2) is 60.7 Å². The minimum Gasteiger partial charge on any atom is -0.439 e. The van der Waals surface area contributed by atoms with Crippen LogP contribution in [-0.2, 0) is 16.0 Å². The maximum Gasteiger partial charge on any atom is 0.300 e. The van der Waals surface area contributed by atoms with Crippen LogP contribution < -0.4 is 10.1 Å². The zero-order chi connectivity index (χ0) is 23.5. The number of nitrogens with one attached hydrogen (secondary N) is 1. The minimum atomic E-state index is -0.406. The highest BCUT2D eigenvalue weighted by atomic mass is 32.1. The Morgan fingerprint density at radius 2 is 1.91 bits per heavy atom. The molecule has 1 aliphatic rings. The van der Waals surface area contributed by atoms with Crippen molar-refractivity contribution in [2.24, 2.45) is 5.92 Å². The number of carbonyl (C=O) groups excluding carboxylic acids is 2. The SMILES string of the molecule is Cc1ccc(NC(=O)C#Cc2ccccc2)cc1Oc1ccc2nc(CC(=O)C3CC3)sc2n1. The number of hydrogen-bond donors (Lipinski definition) is 1. The van der Waals surface area contributed by atoms with E-state index < -0.39 is 5.91 Å². The van der Waals surface area contributed by atoms with Gasteiger partial charge in [-0.2, -0.15) is 0 Å². The molecule has 168 valence electrons. The molecule has 0 atom stereocenters. The van der Waals surface area contributed by atoms with Gasteiger partial charge < -0.3 is 10.1 Å². The summed E-state index contributed by atoms with van der Waals surface area (Å²) in [5.74, 6) is 6.51. The summed E-state index contributed by atoms with van der Waals surface area (Å²) in [5, 5.41) is 3.56. The van der Waals surface area contributed by atoms with Crippen LogP contribution in [0.1, 0.15) is 29.0 Å². The number of amides is 1. The number of hydrogen-bond acceptors (Lipinski definition) is 6. The predicted octanol–water partition coefficient (Wildman–Crippen LogP) is 5.30. The van der Waals surface area contributed by atoms with E-state index in [2.05, 4.69) is 27.1 Å². The third kappa shape index (κ3) is 5.30. The zero-order valence-electron chi connectivity index (χ0n) is 18.5. The molecule has 2 aromatic carbocycles. The smallest absolute Gasteiger partial charge is 0.300 e. The molecule has 0 spiro atoms. The number of carbonyl (C=O) groups is 2. The topological polar surface area (TPSA) is 81.2 Å².